The van der Waals surface area contributed by atoms with Crippen molar-refractivity contribution in [1.82, 2.24) is 20.1 Å². The first-order valence-corrected chi connectivity index (χ1v) is 6.14. The summed E-state index contributed by atoms with van der Waals surface area (Å²) < 4.78 is 1.78. The van der Waals surface area contributed by atoms with E-state index in [-0.39, 0.29) is 30.7 Å². The topological polar surface area (TPSA) is 71.8 Å². The van der Waals surface area contributed by atoms with Crippen LogP contribution in [0.4, 0.5) is 5.69 Å². The number of nitrogens with zero attached hydrogens (tertiary/aromatic N) is 3. The number of carbonyl (C=O) groups excluding carboxylic acids is 1. The first-order valence-electron chi connectivity index (χ1n) is 6.14. The van der Waals surface area contributed by atoms with Gasteiger partial charge in [0.05, 0.1) is 18.4 Å². The SMILES string of the molecule is CNCCC(=O)Nc1cnn(Cc2ccncc2)c1.Cl.Cl. The van der Waals surface area contributed by atoms with Gasteiger partial charge in [0.15, 0.2) is 0 Å². The zero-order valence-corrected chi connectivity index (χ0v) is 13.3. The van der Waals surface area contributed by atoms with E-state index in [1.54, 1.807) is 23.3 Å². The van der Waals surface area contributed by atoms with Crippen molar-refractivity contribution in [3.63, 3.8) is 0 Å². The van der Waals surface area contributed by atoms with Crippen molar-refractivity contribution in [1.29, 1.82) is 0 Å². The highest BCUT2D eigenvalue weighted by Gasteiger charge is 2.04. The van der Waals surface area contributed by atoms with Gasteiger partial charge in [-0.05, 0) is 24.7 Å². The van der Waals surface area contributed by atoms with E-state index in [0.29, 0.717) is 19.5 Å². The minimum atomic E-state index is -0.0159. The van der Waals surface area contributed by atoms with Crippen LogP contribution in [0.1, 0.15) is 12.0 Å². The number of anilines is 1. The fourth-order valence-electron chi connectivity index (χ4n) is 1.65. The van der Waals surface area contributed by atoms with E-state index < -0.39 is 0 Å². The van der Waals surface area contributed by atoms with Crippen LogP contribution in [0.2, 0.25) is 0 Å². The molecule has 0 radical (unpaired) electrons. The lowest BCUT2D eigenvalue weighted by atomic mass is 10.3. The van der Waals surface area contributed by atoms with E-state index in [4.69, 9.17) is 0 Å². The van der Waals surface area contributed by atoms with Gasteiger partial charge in [-0.15, -0.1) is 24.8 Å². The van der Waals surface area contributed by atoms with Crippen LogP contribution in [0.3, 0.4) is 0 Å². The van der Waals surface area contributed by atoms with Crippen molar-refractivity contribution in [2.75, 3.05) is 18.9 Å². The lowest BCUT2D eigenvalue weighted by Crippen LogP contribution is -2.18. The third-order valence-electron chi connectivity index (χ3n) is 2.61. The Hall–Kier alpha value is -1.63. The second-order valence-electron chi connectivity index (χ2n) is 4.18. The predicted octanol–water partition coefficient (Wildman–Crippen LogP) is 1.72. The van der Waals surface area contributed by atoms with Gasteiger partial charge < -0.3 is 10.6 Å². The summed E-state index contributed by atoms with van der Waals surface area (Å²) in [5.74, 6) is -0.0159. The van der Waals surface area contributed by atoms with Gasteiger partial charge in [-0.25, -0.2) is 0 Å². The minimum Gasteiger partial charge on any atom is -0.323 e. The van der Waals surface area contributed by atoms with E-state index in [1.807, 2.05) is 25.4 Å². The van der Waals surface area contributed by atoms with Crippen molar-refractivity contribution >= 4 is 36.4 Å². The van der Waals surface area contributed by atoms with Crippen LogP contribution in [0, 0.1) is 0 Å². The van der Waals surface area contributed by atoms with Crippen LogP contribution in [-0.4, -0.2) is 34.3 Å². The molecule has 2 aromatic rings. The zero-order valence-electron chi connectivity index (χ0n) is 11.7. The fourth-order valence-corrected chi connectivity index (χ4v) is 1.65. The molecular weight excluding hydrogens is 313 g/mol. The first-order chi connectivity index (χ1) is 9.28. The number of hydrogen-bond acceptors (Lipinski definition) is 4. The monoisotopic (exact) mass is 331 g/mol. The number of nitrogens with one attached hydrogen (secondary N) is 2. The largest absolute Gasteiger partial charge is 0.323 e. The molecule has 0 aliphatic rings. The van der Waals surface area contributed by atoms with Crippen LogP contribution >= 0.6 is 24.8 Å². The molecule has 0 unspecified atom stereocenters. The van der Waals surface area contributed by atoms with Crippen LogP contribution < -0.4 is 10.6 Å². The average Bonchev–Trinajstić information content (AvgIpc) is 2.85. The second-order valence-corrected chi connectivity index (χ2v) is 4.18. The molecule has 2 heterocycles. The maximum absolute atomic E-state index is 11.5. The van der Waals surface area contributed by atoms with Gasteiger partial charge in [-0.2, -0.15) is 5.10 Å². The molecular formula is C13H19Cl2N5O. The fraction of sp³-hybridized carbons (Fsp3) is 0.308. The van der Waals surface area contributed by atoms with E-state index in [9.17, 15) is 4.79 Å². The molecule has 0 aromatic carbocycles. The summed E-state index contributed by atoms with van der Waals surface area (Å²) in [6.45, 7) is 1.33. The number of pyridine rings is 1. The molecule has 0 atom stereocenters. The normalized spacial score (nSPS) is 9.38. The highest BCUT2D eigenvalue weighted by molar-refractivity contribution is 5.90. The Bertz CT molecular complexity index is 532. The molecule has 0 bridgehead atoms. The minimum absolute atomic E-state index is 0. The molecule has 2 rings (SSSR count). The number of carbonyl (C=O) groups is 1. The number of aromatic nitrogens is 3. The van der Waals surface area contributed by atoms with Crippen molar-refractivity contribution in [3.05, 3.63) is 42.5 Å². The third kappa shape index (κ3) is 6.57. The van der Waals surface area contributed by atoms with E-state index >= 15 is 0 Å². The highest BCUT2D eigenvalue weighted by atomic mass is 35.5. The van der Waals surface area contributed by atoms with Gasteiger partial charge in [0.2, 0.25) is 5.91 Å². The summed E-state index contributed by atoms with van der Waals surface area (Å²) in [5.41, 5.74) is 1.83. The Morgan fingerprint density at radius 1 is 1.29 bits per heavy atom. The molecule has 2 aromatic heterocycles. The Morgan fingerprint density at radius 2 is 2.00 bits per heavy atom. The van der Waals surface area contributed by atoms with Crippen LogP contribution in [0.25, 0.3) is 0 Å². The molecule has 2 N–H and O–H groups in total. The standard InChI is InChI=1S/C13H17N5O.2ClH/c1-14-5-4-13(19)17-12-8-16-18(10-12)9-11-2-6-15-7-3-11;;/h2-3,6-8,10,14H,4-5,9H2,1H3,(H,17,19);2*1H. The summed E-state index contributed by atoms with van der Waals surface area (Å²) in [6, 6.07) is 3.87. The molecule has 0 fully saturated rings. The second kappa shape index (κ2) is 10.1. The van der Waals surface area contributed by atoms with Gasteiger partial charge >= 0.3 is 0 Å². The molecule has 116 valence electrons. The first kappa shape index (κ1) is 19.4. The Morgan fingerprint density at radius 3 is 2.67 bits per heavy atom. The molecule has 6 nitrogen and oxygen atoms in total. The van der Waals surface area contributed by atoms with Crippen LogP contribution in [-0.2, 0) is 11.3 Å². The molecule has 8 heteroatoms. The molecule has 0 saturated heterocycles. The molecule has 0 spiro atoms. The van der Waals surface area contributed by atoms with Crippen LogP contribution in [0.5, 0.6) is 0 Å². The van der Waals surface area contributed by atoms with Gasteiger partial charge in [-0.1, -0.05) is 0 Å². The smallest absolute Gasteiger partial charge is 0.225 e. The lowest BCUT2D eigenvalue weighted by Gasteiger charge is -2.02. The number of rotatable bonds is 6. The zero-order chi connectivity index (χ0) is 13.5. The number of halogens is 2. The van der Waals surface area contributed by atoms with E-state index in [0.717, 1.165) is 11.3 Å². The Balaban J connectivity index is 0.00000200. The molecule has 1 amide bonds. The van der Waals surface area contributed by atoms with Crippen molar-refractivity contribution in [2.45, 2.75) is 13.0 Å². The lowest BCUT2D eigenvalue weighted by molar-refractivity contribution is -0.116. The van der Waals surface area contributed by atoms with Crippen molar-refractivity contribution < 1.29 is 4.79 Å². The maximum atomic E-state index is 11.5. The summed E-state index contributed by atoms with van der Waals surface area (Å²) in [4.78, 5) is 15.5. The number of amides is 1. The third-order valence-corrected chi connectivity index (χ3v) is 2.61. The van der Waals surface area contributed by atoms with Gasteiger partial charge in [0.25, 0.3) is 0 Å². The summed E-state index contributed by atoms with van der Waals surface area (Å²) in [5, 5.41) is 9.95. The number of hydrogen-bond donors (Lipinski definition) is 2. The summed E-state index contributed by atoms with van der Waals surface area (Å²) >= 11 is 0. The van der Waals surface area contributed by atoms with Gasteiger partial charge in [0.1, 0.15) is 0 Å². The van der Waals surface area contributed by atoms with Crippen molar-refractivity contribution in [2.24, 2.45) is 0 Å². The quantitative estimate of drug-likeness (QED) is 0.845. The maximum Gasteiger partial charge on any atom is 0.225 e. The predicted molar refractivity (Wildman–Crippen MR) is 87.2 cm³/mol. The Kier molecular flexibility index (Phi) is 9.36. The van der Waals surface area contributed by atoms with Gasteiger partial charge in [-0.3, -0.25) is 14.5 Å². The summed E-state index contributed by atoms with van der Waals surface area (Å²) in [7, 11) is 1.82. The molecule has 0 aliphatic heterocycles. The van der Waals surface area contributed by atoms with E-state index in [1.165, 1.54) is 0 Å². The molecule has 21 heavy (non-hydrogen) atoms. The van der Waals surface area contributed by atoms with Crippen molar-refractivity contribution in [3.8, 4) is 0 Å². The highest BCUT2D eigenvalue weighted by Crippen LogP contribution is 2.07. The van der Waals surface area contributed by atoms with Gasteiger partial charge in [0, 0.05) is 31.6 Å². The van der Waals surface area contributed by atoms with E-state index in [2.05, 4.69) is 20.7 Å². The summed E-state index contributed by atoms with van der Waals surface area (Å²) in [6.07, 6.45) is 7.42. The molecule has 0 saturated carbocycles. The average molecular weight is 332 g/mol. The molecule has 0 aliphatic carbocycles. The Labute approximate surface area is 136 Å². The van der Waals surface area contributed by atoms with Crippen LogP contribution in [0.15, 0.2) is 36.9 Å².